The van der Waals surface area contributed by atoms with Crippen LogP contribution in [0.5, 0.6) is 0 Å². The third-order valence-electron chi connectivity index (χ3n) is 5.82. The number of hydrazine groups is 1. The highest BCUT2D eigenvalue weighted by Crippen LogP contribution is 2.49. The predicted molar refractivity (Wildman–Crippen MR) is 81.1 cm³/mol. The Balaban J connectivity index is 1.65. The molecule has 4 heteroatoms. The van der Waals surface area contributed by atoms with Gasteiger partial charge in [0, 0.05) is 18.8 Å². The molecule has 0 spiro atoms. The molecule has 2 saturated carbocycles. The Morgan fingerprint density at radius 1 is 1.35 bits per heavy atom. The van der Waals surface area contributed by atoms with Crippen LogP contribution in [-0.2, 0) is 13.5 Å². The van der Waals surface area contributed by atoms with Crippen molar-refractivity contribution in [1.29, 1.82) is 0 Å². The first-order valence-electron chi connectivity index (χ1n) is 8.03. The number of rotatable bonds is 5. The zero-order valence-corrected chi connectivity index (χ0v) is 13.0. The molecule has 0 saturated heterocycles. The Hall–Kier alpha value is -0.870. The van der Waals surface area contributed by atoms with Gasteiger partial charge >= 0.3 is 0 Å². The first kappa shape index (κ1) is 14.1. The number of nitrogens with zero attached hydrogens (tertiary/aromatic N) is 2. The monoisotopic (exact) mass is 276 g/mol. The maximum atomic E-state index is 5.83. The molecule has 4 unspecified atom stereocenters. The smallest absolute Gasteiger partial charge is 0.0628 e. The Bertz CT molecular complexity index is 479. The summed E-state index contributed by atoms with van der Waals surface area (Å²) in [5.74, 6) is 8.72. The molecule has 4 nitrogen and oxygen atoms in total. The fraction of sp³-hybridized carbons (Fsp3) is 0.812. The van der Waals surface area contributed by atoms with Crippen molar-refractivity contribution in [3.63, 3.8) is 0 Å². The highest BCUT2D eigenvalue weighted by atomic mass is 15.3. The van der Waals surface area contributed by atoms with E-state index in [1.807, 2.05) is 11.7 Å². The van der Waals surface area contributed by atoms with Gasteiger partial charge in [-0.3, -0.25) is 16.0 Å². The minimum Gasteiger partial charge on any atom is -0.272 e. The van der Waals surface area contributed by atoms with Crippen LogP contribution in [0.15, 0.2) is 0 Å². The van der Waals surface area contributed by atoms with Gasteiger partial charge < -0.3 is 0 Å². The van der Waals surface area contributed by atoms with Crippen LogP contribution in [-0.4, -0.2) is 15.8 Å². The first-order chi connectivity index (χ1) is 9.58. The van der Waals surface area contributed by atoms with Crippen molar-refractivity contribution in [1.82, 2.24) is 15.2 Å². The second-order valence-electron chi connectivity index (χ2n) is 7.01. The summed E-state index contributed by atoms with van der Waals surface area (Å²) in [6, 6.07) is 0.390. The zero-order valence-electron chi connectivity index (χ0n) is 13.0. The van der Waals surface area contributed by atoms with E-state index in [2.05, 4.69) is 24.4 Å². The molecular formula is C16H28N4. The largest absolute Gasteiger partial charge is 0.272 e. The van der Waals surface area contributed by atoms with E-state index in [4.69, 9.17) is 5.84 Å². The molecule has 2 bridgehead atoms. The van der Waals surface area contributed by atoms with Gasteiger partial charge in [0.1, 0.15) is 0 Å². The normalized spacial score (nSPS) is 30.1. The Kier molecular flexibility index (Phi) is 3.87. The van der Waals surface area contributed by atoms with E-state index >= 15 is 0 Å². The molecule has 2 fully saturated rings. The van der Waals surface area contributed by atoms with Crippen molar-refractivity contribution >= 4 is 0 Å². The molecule has 1 aromatic rings. The fourth-order valence-electron chi connectivity index (χ4n) is 4.60. The van der Waals surface area contributed by atoms with Gasteiger partial charge in [0.25, 0.3) is 0 Å². The maximum absolute atomic E-state index is 5.83. The van der Waals surface area contributed by atoms with Crippen LogP contribution in [0.3, 0.4) is 0 Å². The molecule has 20 heavy (non-hydrogen) atoms. The molecule has 4 atom stereocenters. The Labute approximate surface area is 122 Å². The van der Waals surface area contributed by atoms with E-state index in [0.29, 0.717) is 6.04 Å². The summed E-state index contributed by atoms with van der Waals surface area (Å²) in [6.45, 7) is 4.26. The van der Waals surface area contributed by atoms with E-state index < -0.39 is 0 Å². The molecule has 2 aliphatic rings. The van der Waals surface area contributed by atoms with Crippen molar-refractivity contribution < 1.29 is 0 Å². The lowest BCUT2D eigenvalue weighted by Gasteiger charge is -2.26. The van der Waals surface area contributed by atoms with Crippen LogP contribution in [0.4, 0.5) is 0 Å². The molecule has 0 aromatic carbocycles. The standard InChI is InChI=1S/C16H28N4/c1-10-16(11(2)20(3)19-10)9-15(18-17)8-14-7-12-4-5-13(14)6-12/h12-15,18H,4-9,17H2,1-3H3. The van der Waals surface area contributed by atoms with Gasteiger partial charge in [-0.1, -0.05) is 6.42 Å². The second kappa shape index (κ2) is 5.49. The molecular weight excluding hydrogens is 248 g/mol. The summed E-state index contributed by atoms with van der Waals surface area (Å²) in [5.41, 5.74) is 6.86. The van der Waals surface area contributed by atoms with Gasteiger partial charge in [-0.05, 0) is 69.3 Å². The number of fused-ring (bicyclic) bond motifs is 2. The summed E-state index contributed by atoms with van der Waals surface area (Å²) in [7, 11) is 2.02. The molecule has 112 valence electrons. The van der Waals surface area contributed by atoms with Gasteiger partial charge in [-0.15, -0.1) is 0 Å². The molecule has 0 aliphatic heterocycles. The third kappa shape index (κ3) is 2.51. The quantitative estimate of drug-likeness (QED) is 0.640. The lowest BCUT2D eigenvalue weighted by atomic mass is 9.83. The van der Waals surface area contributed by atoms with Gasteiger partial charge in [-0.25, -0.2) is 0 Å². The fourth-order valence-corrected chi connectivity index (χ4v) is 4.60. The second-order valence-corrected chi connectivity index (χ2v) is 7.01. The van der Waals surface area contributed by atoms with Gasteiger partial charge in [0.05, 0.1) is 5.69 Å². The predicted octanol–water partition coefficient (Wildman–Crippen LogP) is 2.24. The zero-order chi connectivity index (χ0) is 14.3. The first-order valence-corrected chi connectivity index (χ1v) is 8.03. The molecule has 1 aromatic heterocycles. The van der Waals surface area contributed by atoms with Crippen LogP contribution in [0.1, 0.15) is 49.1 Å². The third-order valence-corrected chi connectivity index (χ3v) is 5.82. The summed E-state index contributed by atoms with van der Waals surface area (Å²) >= 11 is 0. The van der Waals surface area contributed by atoms with Crippen molar-refractivity contribution in [2.75, 3.05) is 0 Å². The van der Waals surface area contributed by atoms with E-state index in [1.165, 1.54) is 43.4 Å². The minimum absolute atomic E-state index is 0.390. The number of nitrogens with one attached hydrogen (secondary N) is 1. The van der Waals surface area contributed by atoms with Crippen LogP contribution in [0.25, 0.3) is 0 Å². The number of hydrogen-bond donors (Lipinski definition) is 2. The SMILES string of the molecule is Cc1nn(C)c(C)c1CC(CC1CC2CCC1C2)NN. The van der Waals surface area contributed by atoms with Gasteiger partial charge in [0.2, 0.25) is 0 Å². The summed E-state index contributed by atoms with van der Waals surface area (Å²) in [6.07, 6.45) is 8.09. The minimum atomic E-state index is 0.390. The van der Waals surface area contributed by atoms with Crippen molar-refractivity contribution in [2.24, 2.45) is 30.6 Å². The molecule has 1 heterocycles. The average molecular weight is 276 g/mol. The highest BCUT2D eigenvalue weighted by Gasteiger charge is 2.40. The lowest BCUT2D eigenvalue weighted by Crippen LogP contribution is -2.39. The van der Waals surface area contributed by atoms with E-state index in [9.17, 15) is 0 Å². The molecule has 3 N–H and O–H groups in total. The topological polar surface area (TPSA) is 55.9 Å². The number of aryl methyl sites for hydroxylation is 2. The lowest BCUT2D eigenvalue weighted by molar-refractivity contribution is 0.277. The molecule has 0 radical (unpaired) electrons. The molecule has 0 amide bonds. The summed E-state index contributed by atoms with van der Waals surface area (Å²) in [5, 5.41) is 4.52. The Morgan fingerprint density at radius 2 is 2.15 bits per heavy atom. The highest BCUT2D eigenvalue weighted by molar-refractivity contribution is 5.25. The maximum Gasteiger partial charge on any atom is 0.0628 e. The van der Waals surface area contributed by atoms with E-state index in [1.54, 1.807) is 0 Å². The van der Waals surface area contributed by atoms with Crippen LogP contribution >= 0.6 is 0 Å². The van der Waals surface area contributed by atoms with E-state index in [-0.39, 0.29) is 0 Å². The van der Waals surface area contributed by atoms with E-state index in [0.717, 1.165) is 29.9 Å². The number of aromatic nitrogens is 2. The summed E-state index contributed by atoms with van der Waals surface area (Å²) < 4.78 is 1.98. The Morgan fingerprint density at radius 3 is 2.65 bits per heavy atom. The molecule has 3 rings (SSSR count). The van der Waals surface area contributed by atoms with Gasteiger partial charge in [-0.2, -0.15) is 5.10 Å². The van der Waals surface area contributed by atoms with Crippen LogP contribution in [0.2, 0.25) is 0 Å². The van der Waals surface area contributed by atoms with Crippen molar-refractivity contribution in [3.05, 3.63) is 17.0 Å². The summed E-state index contributed by atoms with van der Waals surface area (Å²) in [4.78, 5) is 0. The van der Waals surface area contributed by atoms with Crippen LogP contribution in [0, 0.1) is 31.6 Å². The van der Waals surface area contributed by atoms with Crippen molar-refractivity contribution in [3.8, 4) is 0 Å². The van der Waals surface area contributed by atoms with Crippen molar-refractivity contribution in [2.45, 2.75) is 58.4 Å². The molecule has 2 aliphatic carbocycles. The number of nitrogens with two attached hydrogens (primary N) is 1. The van der Waals surface area contributed by atoms with Gasteiger partial charge in [0.15, 0.2) is 0 Å². The average Bonchev–Trinajstić information content (AvgIpc) is 3.09. The number of hydrogen-bond acceptors (Lipinski definition) is 3. The van der Waals surface area contributed by atoms with Crippen LogP contribution < -0.4 is 11.3 Å².